The fourth-order valence-corrected chi connectivity index (χ4v) is 3.01. The minimum absolute atomic E-state index is 0.0320. The molecule has 105 valence electrons. The van der Waals surface area contributed by atoms with Crippen LogP contribution in [0.5, 0.6) is 0 Å². The zero-order valence-electron chi connectivity index (χ0n) is 10.6. The lowest BCUT2D eigenvalue weighted by molar-refractivity contribution is -0.134. The second-order valence-electron chi connectivity index (χ2n) is 4.72. The maximum absolute atomic E-state index is 12.8. The number of halogens is 3. The van der Waals surface area contributed by atoms with Gasteiger partial charge >= 0.3 is 6.18 Å². The first-order valence-electron chi connectivity index (χ1n) is 6.35. The molecule has 1 aromatic carbocycles. The summed E-state index contributed by atoms with van der Waals surface area (Å²) in [6, 6.07) is 7.12. The van der Waals surface area contributed by atoms with Crippen LogP contribution in [-0.4, -0.2) is 18.1 Å². The highest BCUT2D eigenvalue weighted by atomic mass is 32.1. The molecule has 0 N–H and O–H groups in total. The first-order chi connectivity index (χ1) is 9.55. The topological polar surface area (TPSA) is 16.1 Å². The molecule has 0 aliphatic carbocycles. The van der Waals surface area contributed by atoms with E-state index in [9.17, 15) is 13.2 Å². The van der Waals surface area contributed by atoms with Gasteiger partial charge in [-0.1, -0.05) is 12.1 Å². The van der Waals surface area contributed by atoms with E-state index in [1.54, 1.807) is 12.1 Å². The molecule has 3 rings (SSSR count). The van der Waals surface area contributed by atoms with Crippen LogP contribution in [0.1, 0.15) is 17.7 Å². The van der Waals surface area contributed by atoms with Crippen molar-refractivity contribution in [3.63, 3.8) is 0 Å². The molecule has 2 nitrogen and oxygen atoms in total. The number of hydrogen-bond acceptors (Lipinski definition) is 3. The molecular formula is C14H12F3N2S. The SMILES string of the molecule is FC(F)(F)c1s[c]nc1-c1ccc(N2CCCC2)cc1. The molecule has 0 spiro atoms. The Morgan fingerprint density at radius 1 is 1.10 bits per heavy atom. The van der Waals surface area contributed by atoms with Gasteiger partial charge in [-0.25, -0.2) is 4.98 Å². The quantitative estimate of drug-likeness (QED) is 0.824. The van der Waals surface area contributed by atoms with E-state index in [1.807, 2.05) is 12.1 Å². The van der Waals surface area contributed by atoms with E-state index in [2.05, 4.69) is 15.4 Å². The average Bonchev–Trinajstić information content (AvgIpc) is 3.10. The number of anilines is 1. The molecule has 0 unspecified atom stereocenters. The first kappa shape index (κ1) is 13.4. The number of aromatic nitrogens is 1. The van der Waals surface area contributed by atoms with Gasteiger partial charge in [-0.15, -0.1) is 11.3 Å². The number of nitrogens with zero attached hydrogens (tertiary/aromatic N) is 2. The lowest BCUT2D eigenvalue weighted by Gasteiger charge is -2.17. The number of benzene rings is 1. The van der Waals surface area contributed by atoms with Gasteiger partial charge in [0, 0.05) is 24.3 Å². The van der Waals surface area contributed by atoms with Crippen LogP contribution in [0.2, 0.25) is 0 Å². The largest absolute Gasteiger partial charge is 0.427 e. The fraction of sp³-hybridized carbons (Fsp3) is 0.357. The van der Waals surface area contributed by atoms with Gasteiger partial charge in [0.05, 0.1) is 5.69 Å². The molecule has 2 heterocycles. The van der Waals surface area contributed by atoms with Crippen LogP contribution in [0.3, 0.4) is 0 Å². The third kappa shape index (κ3) is 2.52. The van der Waals surface area contributed by atoms with Crippen molar-refractivity contribution in [3.05, 3.63) is 34.7 Å². The number of thiazole rings is 1. The van der Waals surface area contributed by atoms with E-state index >= 15 is 0 Å². The van der Waals surface area contributed by atoms with Gasteiger partial charge in [-0.2, -0.15) is 13.2 Å². The van der Waals surface area contributed by atoms with Crippen LogP contribution in [0.25, 0.3) is 11.3 Å². The van der Waals surface area contributed by atoms with Gasteiger partial charge in [-0.3, -0.25) is 0 Å². The molecule has 1 fully saturated rings. The molecule has 1 aliphatic rings. The molecule has 2 aromatic rings. The molecular weight excluding hydrogens is 285 g/mol. The summed E-state index contributed by atoms with van der Waals surface area (Å²) in [5.41, 5.74) is 3.84. The molecule has 0 atom stereocenters. The Labute approximate surface area is 118 Å². The lowest BCUT2D eigenvalue weighted by Crippen LogP contribution is -2.17. The third-order valence-corrected chi connectivity index (χ3v) is 4.20. The Balaban J connectivity index is 1.90. The standard InChI is InChI=1S/C14H12F3N2S/c15-14(16,17)13-12(18-9-20-13)10-3-5-11(6-4-10)19-7-1-2-8-19/h3-6H,1-2,7-8H2. The van der Waals surface area contributed by atoms with E-state index in [0.717, 1.165) is 18.8 Å². The van der Waals surface area contributed by atoms with Crippen LogP contribution >= 0.6 is 11.3 Å². The number of rotatable bonds is 2. The molecule has 1 aliphatic heterocycles. The zero-order valence-corrected chi connectivity index (χ0v) is 11.4. The van der Waals surface area contributed by atoms with Crippen molar-refractivity contribution in [2.45, 2.75) is 19.0 Å². The van der Waals surface area contributed by atoms with Gasteiger partial charge in [0.2, 0.25) is 0 Å². The van der Waals surface area contributed by atoms with Gasteiger partial charge < -0.3 is 4.90 Å². The minimum Gasteiger partial charge on any atom is -0.372 e. The van der Waals surface area contributed by atoms with Gasteiger partial charge in [-0.05, 0) is 25.0 Å². The van der Waals surface area contributed by atoms with Crippen LogP contribution in [0.4, 0.5) is 18.9 Å². The van der Waals surface area contributed by atoms with Crippen molar-refractivity contribution >= 4 is 17.0 Å². The molecule has 20 heavy (non-hydrogen) atoms. The number of hydrogen-bond donors (Lipinski definition) is 0. The maximum atomic E-state index is 12.8. The summed E-state index contributed by atoms with van der Waals surface area (Å²) in [5, 5.41) is 0. The highest BCUT2D eigenvalue weighted by molar-refractivity contribution is 7.09. The summed E-state index contributed by atoms with van der Waals surface area (Å²) in [6.45, 7) is 2.02. The summed E-state index contributed by atoms with van der Waals surface area (Å²) in [6.07, 6.45) is -2.04. The molecule has 6 heteroatoms. The molecule has 1 aromatic heterocycles. The van der Waals surface area contributed by atoms with E-state index in [4.69, 9.17) is 0 Å². The van der Waals surface area contributed by atoms with E-state index in [0.29, 0.717) is 16.9 Å². The van der Waals surface area contributed by atoms with E-state index in [-0.39, 0.29) is 5.69 Å². The minimum atomic E-state index is -4.37. The second kappa shape index (κ2) is 5.09. The van der Waals surface area contributed by atoms with Crippen LogP contribution in [-0.2, 0) is 6.18 Å². The van der Waals surface area contributed by atoms with Crippen molar-refractivity contribution in [2.75, 3.05) is 18.0 Å². The van der Waals surface area contributed by atoms with Gasteiger partial charge in [0.15, 0.2) is 5.51 Å². The van der Waals surface area contributed by atoms with Crippen molar-refractivity contribution < 1.29 is 13.2 Å². The molecule has 0 bridgehead atoms. The van der Waals surface area contributed by atoms with Gasteiger partial charge in [0.25, 0.3) is 0 Å². The Morgan fingerprint density at radius 3 is 2.35 bits per heavy atom. The monoisotopic (exact) mass is 297 g/mol. The maximum Gasteiger partial charge on any atom is 0.427 e. The third-order valence-electron chi connectivity index (χ3n) is 3.39. The van der Waals surface area contributed by atoms with Crippen LogP contribution in [0.15, 0.2) is 24.3 Å². The smallest absolute Gasteiger partial charge is 0.372 e. The van der Waals surface area contributed by atoms with Crippen molar-refractivity contribution in [2.24, 2.45) is 0 Å². The molecule has 0 amide bonds. The molecule has 0 saturated carbocycles. The summed E-state index contributed by atoms with van der Waals surface area (Å²) in [7, 11) is 0. The Kier molecular flexibility index (Phi) is 3.41. The first-order valence-corrected chi connectivity index (χ1v) is 7.17. The molecule has 1 radical (unpaired) electrons. The highest BCUT2D eigenvalue weighted by Gasteiger charge is 2.36. The lowest BCUT2D eigenvalue weighted by atomic mass is 10.1. The summed E-state index contributed by atoms with van der Waals surface area (Å²) in [4.78, 5) is 5.29. The molecule has 1 saturated heterocycles. The summed E-state index contributed by atoms with van der Waals surface area (Å²) in [5.74, 6) is 0. The van der Waals surface area contributed by atoms with E-state index < -0.39 is 11.1 Å². The van der Waals surface area contributed by atoms with Gasteiger partial charge in [0.1, 0.15) is 4.88 Å². The Morgan fingerprint density at radius 2 is 1.75 bits per heavy atom. The zero-order chi connectivity index (χ0) is 14.2. The number of alkyl halides is 3. The summed E-state index contributed by atoms with van der Waals surface area (Å²) >= 11 is 0.509. The van der Waals surface area contributed by atoms with E-state index in [1.165, 1.54) is 12.8 Å². The predicted octanol–water partition coefficient (Wildman–Crippen LogP) is 4.23. The van der Waals surface area contributed by atoms with Crippen molar-refractivity contribution in [1.29, 1.82) is 0 Å². The summed E-state index contributed by atoms with van der Waals surface area (Å²) < 4.78 is 38.5. The second-order valence-corrected chi connectivity index (χ2v) is 5.52. The van der Waals surface area contributed by atoms with Crippen molar-refractivity contribution in [1.82, 2.24) is 4.98 Å². The fourth-order valence-electron chi connectivity index (χ4n) is 2.41. The van der Waals surface area contributed by atoms with Crippen molar-refractivity contribution in [3.8, 4) is 11.3 Å². The Hall–Kier alpha value is -1.56. The normalized spacial score (nSPS) is 15.8. The highest BCUT2D eigenvalue weighted by Crippen LogP contribution is 2.39. The van der Waals surface area contributed by atoms with Crippen LogP contribution in [0, 0.1) is 5.51 Å². The average molecular weight is 297 g/mol. The van der Waals surface area contributed by atoms with Crippen LogP contribution < -0.4 is 4.90 Å². The predicted molar refractivity (Wildman–Crippen MR) is 72.8 cm³/mol. The Bertz CT molecular complexity index is 583.